The molecule has 0 aromatic carbocycles. The molecule has 0 bridgehead atoms. The molecule has 4 nitrogen and oxygen atoms in total. The van der Waals surface area contributed by atoms with Gasteiger partial charge in [0.2, 0.25) is 0 Å². The van der Waals surface area contributed by atoms with E-state index in [4.69, 9.17) is 0 Å². The predicted molar refractivity (Wildman–Crippen MR) is 49.5 cm³/mol. The minimum atomic E-state index is -0.981. The monoisotopic (exact) mass is 298 g/mol. The van der Waals surface area contributed by atoms with Gasteiger partial charge in [0.15, 0.2) is 0 Å². The molecular weight excluding hydrogens is 299 g/mol. The Hall–Kier alpha value is 0.0535. The van der Waals surface area contributed by atoms with Crippen molar-refractivity contribution in [3.8, 4) is 0 Å². The fourth-order valence-electron chi connectivity index (χ4n) is 0. The van der Waals surface area contributed by atoms with Gasteiger partial charge in [-0.15, -0.1) is 0 Å². The summed E-state index contributed by atoms with van der Waals surface area (Å²) >= 11 is 15.2. The standard InChI is InChI=1S/2C2H2O2S2.Ni/c2*3-1(5)2(4)6;/h2*(H,3,5)(H,4,6);/q;;+2/p-4. The molecule has 0 amide bonds. The van der Waals surface area contributed by atoms with E-state index >= 15 is 0 Å². The summed E-state index contributed by atoms with van der Waals surface area (Å²) in [7, 11) is 0. The Balaban J connectivity index is -0.000000143. The van der Waals surface area contributed by atoms with Gasteiger partial charge in [-0.1, -0.05) is 0 Å². The van der Waals surface area contributed by atoms with E-state index in [9.17, 15) is 19.2 Å². The first-order valence-corrected chi connectivity index (χ1v) is 3.77. The summed E-state index contributed by atoms with van der Waals surface area (Å²) in [6, 6.07) is 0. The van der Waals surface area contributed by atoms with E-state index in [1.165, 1.54) is 0 Å². The topological polar surface area (TPSA) is 68.3 Å². The molecule has 0 heterocycles. The minimum absolute atomic E-state index is 0. The molecule has 0 unspecified atom stereocenters. The second kappa shape index (κ2) is 10.1. The molecule has 0 radical (unpaired) electrons. The van der Waals surface area contributed by atoms with Crippen molar-refractivity contribution in [1.29, 1.82) is 0 Å². The largest absolute Gasteiger partial charge is 2.00 e. The van der Waals surface area contributed by atoms with E-state index in [1.54, 1.807) is 0 Å². The zero-order valence-electron chi connectivity index (χ0n) is 5.58. The van der Waals surface area contributed by atoms with E-state index in [1.807, 2.05) is 0 Å². The number of hydrogen-bond donors (Lipinski definition) is 0. The SMILES string of the molecule is O=C([S-])C(=O)[S-].O=C([S-])C(=O)[S-].[Ni+2]. The summed E-state index contributed by atoms with van der Waals surface area (Å²) in [6.07, 6.45) is 0. The van der Waals surface area contributed by atoms with Crippen LogP contribution < -0.4 is 0 Å². The van der Waals surface area contributed by atoms with E-state index in [-0.39, 0.29) is 16.5 Å². The fraction of sp³-hybridized carbons (Fsp3) is 0. The second-order valence-electron chi connectivity index (χ2n) is 1.15. The Morgan fingerprint density at radius 1 is 0.538 bits per heavy atom. The van der Waals surface area contributed by atoms with Crippen molar-refractivity contribution in [3.05, 3.63) is 0 Å². The molecule has 0 aliphatic heterocycles. The van der Waals surface area contributed by atoms with Crippen LogP contribution in [0, 0.1) is 0 Å². The van der Waals surface area contributed by atoms with Crippen molar-refractivity contribution in [2.45, 2.75) is 0 Å². The van der Waals surface area contributed by atoms with Gasteiger partial charge in [0.05, 0.1) is 20.5 Å². The first kappa shape index (κ1) is 18.8. The van der Waals surface area contributed by atoms with Crippen molar-refractivity contribution in [2.24, 2.45) is 0 Å². The molecule has 0 fully saturated rings. The molecule has 0 aromatic rings. The smallest absolute Gasteiger partial charge is 0.736 e. The van der Waals surface area contributed by atoms with Gasteiger partial charge in [-0.25, -0.2) is 0 Å². The van der Waals surface area contributed by atoms with Gasteiger partial charge in [-0.05, 0) is 0 Å². The molecule has 0 rings (SSSR count). The molecule has 0 saturated carbocycles. The zero-order valence-corrected chi connectivity index (χ0v) is 9.84. The van der Waals surface area contributed by atoms with E-state index in [2.05, 4.69) is 50.5 Å². The van der Waals surface area contributed by atoms with Gasteiger partial charge < -0.3 is 69.7 Å². The molecule has 13 heavy (non-hydrogen) atoms. The zero-order chi connectivity index (χ0) is 10.3. The van der Waals surface area contributed by atoms with Crippen LogP contribution in [-0.2, 0) is 86.2 Å². The maximum atomic E-state index is 9.50. The molecule has 0 aliphatic carbocycles. The van der Waals surface area contributed by atoms with Gasteiger partial charge in [0.25, 0.3) is 0 Å². The third kappa shape index (κ3) is 18.8. The van der Waals surface area contributed by atoms with Crippen LogP contribution in [0.25, 0.3) is 0 Å². The molecule has 0 saturated heterocycles. The Kier molecular flexibility index (Phi) is 14.6. The predicted octanol–water partition coefficient (Wildman–Crippen LogP) is -1.74. The average Bonchev–Trinajstić information content (AvgIpc) is 1.88. The maximum Gasteiger partial charge on any atom is 2.00 e. The number of carbonyl (C=O) groups is 4. The van der Waals surface area contributed by atoms with Gasteiger partial charge in [0.1, 0.15) is 0 Å². The molecule has 0 atom stereocenters. The molecule has 76 valence electrons. The molecule has 0 N–H and O–H groups in total. The Labute approximate surface area is 106 Å². The van der Waals surface area contributed by atoms with Crippen LogP contribution >= 0.6 is 0 Å². The van der Waals surface area contributed by atoms with Crippen LogP contribution in [0.2, 0.25) is 0 Å². The first-order valence-electron chi connectivity index (χ1n) is 2.13. The van der Waals surface area contributed by atoms with Gasteiger partial charge >= 0.3 is 16.5 Å². The summed E-state index contributed by atoms with van der Waals surface area (Å²) < 4.78 is 0. The van der Waals surface area contributed by atoms with Crippen molar-refractivity contribution in [2.75, 3.05) is 0 Å². The third-order valence-corrected chi connectivity index (χ3v) is 1.33. The van der Waals surface area contributed by atoms with E-state index in [0.29, 0.717) is 0 Å². The molecule has 0 aromatic heterocycles. The van der Waals surface area contributed by atoms with Gasteiger partial charge in [-0.3, -0.25) is 0 Å². The van der Waals surface area contributed by atoms with Crippen LogP contribution in [0.4, 0.5) is 0 Å². The van der Waals surface area contributed by atoms with Gasteiger partial charge in [-0.2, -0.15) is 0 Å². The summed E-state index contributed by atoms with van der Waals surface area (Å²) in [5.41, 5.74) is 0. The molecular formula is C4NiO4S4-2. The van der Waals surface area contributed by atoms with Crippen LogP contribution in [0.15, 0.2) is 0 Å². The van der Waals surface area contributed by atoms with Crippen LogP contribution in [-0.4, -0.2) is 20.5 Å². The Bertz CT molecular complexity index is 180. The summed E-state index contributed by atoms with van der Waals surface area (Å²) in [5.74, 6) is 0. The number of hydrogen-bond acceptors (Lipinski definition) is 8. The first-order chi connectivity index (χ1) is 5.29. The number of carbonyl (C=O) groups excluding carboxylic acids is 4. The van der Waals surface area contributed by atoms with Crippen molar-refractivity contribution in [1.82, 2.24) is 0 Å². The second-order valence-corrected chi connectivity index (χ2v) is 2.63. The van der Waals surface area contributed by atoms with Crippen LogP contribution in [0.3, 0.4) is 0 Å². The van der Waals surface area contributed by atoms with Crippen molar-refractivity contribution in [3.63, 3.8) is 0 Å². The normalized spacial score (nSPS) is 6.77. The molecule has 9 heteroatoms. The Morgan fingerprint density at radius 2 is 0.615 bits per heavy atom. The van der Waals surface area contributed by atoms with Crippen molar-refractivity contribution < 1.29 is 35.7 Å². The summed E-state index contributed by atoms with van der Waals surface area (Å²) in [4.78, 5) is 38.0. The summed E-state index contributed by atoms with van der Waals surface area (Å²) in [5, 5.41) is -3.93. The Morgan fingerprint density at radius 3 is 0.615 bits per heavy atom. The quantitative estimate of drug-likeness (QED) is 0.338. The number of rotatable bonds is 2. The van der Waals surface area contributed by atoms with Crippen molar-refractivity contribution >= 4 is 71.0 Å². The third-order valence-electron chi connectivity index (χ3n) is 0.333. The summed E-state index contributed by atoms with van der Waals surface area (Å²) in [6.45, 7) is 0. The van der Waals surface area contributed by atoms with E-state index < -0.39 is 20.5 Å². The minimum Gasteiger partial charge on any atom is -0.736 e. The van der Waals surface area contributed by atoms with E-state index in [0.717, 1.165) is 0 Å². The fourth-order valence-corrected chi connectivity index (χ4v) is 0. The average molecular weight is 299 g/mol. The van der Waals surface area contributed by atoms with Gasteiger partial charge in [0, 0.05) is 0 Å². The molecule has 0 spiro atoms. The molecule has 0 aliphatic rings. The maximum absolute atomic E-state index is 9.50. The van der Waals surface area contributed by atoms with Crippen LogP contribution in [0.5, 0.6) is 0 Å². The van der Waals surface area contributed by atoms with Crippen LogP contribution in [0.1, 0.15) is 0 Å².